The molecule has 27 heavy (non-hydrogen) atoms. The van der Waals surface area contributed by atoms with Gasteiger partial charge in [0.05, 0.1) is 11.0 Å². The van der Waals surface area contributed by atoms with Gasteiger partial charge in [-0.05, 0) is 49.9 Å². The van der Waals surface area contributed by atoms with Crippen molar-refractivity contribution in [1.82, 2.24) is 10.0 Å². The van der Waals surface area contributed by atoms with Crippen LogP contribution < -0.4 is 10.0 Å². The summed E-state index contributed by atoms with van der Waals surface area (Å²) in [6.07, 6.45) is 0. The van der Waals surface area contributed by atoms with E-state index < -0.39 is 40.6 Å². The molecule has 0 saturated carbocycles. The molecule has 0 heterocycles. The van der Waals surface area contributed by atoms with Crippen LogP contribution in [-0.4, -0.2) is 39.0 Å². The van der Waals surface area contributed by atoms with Gasteiger partial charge < -0.3 is 10.1 Å². The zero-order valence-corrected chi connectivity index (χ0v) is 16.9. The molecular weight excluding hydrogens is 370 g/mol. The number of carbonyl (C=O) groups is 2. The van der Waals surface area contributed by atoms with E-state index in [1.54, 1.807) is 33.8 Å². The van der Waals surface area contributed by atoms with E-state index in [4.69, 9.17) is 10.00 Å². The number of sulfonamides is 1. The number of rotatable bonds is 8. The summed E-state index contributed by atoms with van der Waals surface area (Å²) in [4.78, 5) is 23.6. The molecule has 0 fully saturated rings. The Labute approximate surface area is 160 Å². The summed E-state index contributed by atoms with van der Waals surface area (Å²) in [6.45, 7) is 7.55. The lowest BCUT2D eigenvalue weighted by atomic mass is 9.90. The SMILES string of the molecule is Cc1ccc(S(=O)(=O)NCC(=O)OCC(=O)NC(C)(C#N)C(C)C)cc1C. The molecule has 1 unspecified atom stereocenters. The first-order chi connectivity index (χ1) is 12.4. The van der Waals surface area contributed by atoms with Crippen molar-refractivity contribution in [3.63, 3.8) is 0 Å². The van der Waals surface area contributed by atoms with Crippen LogP contribution in [0.4, 0.5) is 0 Å². The number of nitrogens with zero attached hydrogens (tertiary/aromatic N) is 1. The maximum Gasteiger partial charge on any atom is 0.321 e. The molecule has 0 bridgehead atoms. The third kappa shape index (κ3) is 6.34. The molecule has 1 aromatic rings. The van der Waals surface area contributed by atoms with E-state index in [9.17, 15) is 18.0 Å². The highest BCUT2D eigenvalue weighted by Crippen LogP contribution is 2.15. The van der Waals surface area contributed by atoms with Crippen molar-refractivity contribution in [2.45, 2.75) is 45.1 Å². The summed E-state index contributed by atoms with van der Waals surface area (Å²) in [6, 6.07) is 6.63. The monoisotopic (exact) mass is 395 g/mol. The highest BCUT2D eigenvalue weighted by Gasteiger charge is 2.30. The van der Waals surface area contributed by atoms with E-state index >= 15 is 0 Å². The standard InChI is InChI=1S/C18H25N3O5S/c1-12(2)18(5,11-19)21-16(22)10-26-17(23)9-20-27(24,25)15-7-6-13(3)14(4)8-15/h6-8,12,20H,9-10H2,1-5H3,(H,21,22). The molecule has 0 saturated heterocycles. The topological polar surface area (TPSA) is 125 Å². The Morgan fingerprint density at radius 1 is 1.26 bits per heavy atom. The van der Waals surface area contributed by atoms with Crippen LogP contribution in [0.2, 0.25) is 0 Å². The van der Waals surface area contributed by atoms with Crippen molar-refractivity contribution < 1.29 is 22.7 Å². The maximum atomic E-state index is 12.2. The van der Waals surface area contributed by atoms with Gasteiger partial charge in [-0.2, -0.15) is 9.98 Å². The molecule has 0 aliphatic heterocycles. The van der Waals surface area contributed by atoms with E-state index in [1.807, 2.05) is 13.0 Å². The van der Waals surface area contributed by atoms with Gasteiger partial charge in [0.15, 0.2) is 6.61 Å². The minimum absolute atomic E-state index is 0.0397. The van der Waals surface area contributed by atoms with Gasteiger partial charge in [-0.25, -0.2) is 8.42 Å². The summed E-state index contributed by atoms with van der Waals surface area (Å²) in [5, 5.41) is 11.6. The Kier molecular flexibility index (Phi) is 7.51. The number of benzene rings is 1. The number of amides is 1. The van der Waals surface area contributed by atoms with Crippen LogP contribution in [0.5, 0.6) is 0 Å². The Hall–Kier alpha value is -2.44. The largest absolute Gasteiger partial charge is 0.455 e. The van der Waals surface area contributed by atoms with Crippen molar-refractivity contribution in [1.29, 1.82) is 5.26 Å². The van der Waals surface area contributed by atoms with E-state index in [0.717, 1.165) is 11.1 Å². The van der Waals surface area contributed by atoms with Gasteiger partial charge in [0.25, 0.3) is 5.91 Å². The van der Waals surface area contributed by atoms with E-state index in [1.165, 1.54) is 12.1 Å². The third-order valence-electron chi connectivity index (χ3n) is 4.35. The summed E-state index contributed by atoms with van der Waals surface area (Å²) < 4.78 is 31.3. The number of esters is 1. The van der Waals surface area contributed by atoms with Crippen LogP contribution in [0.15, 0.2) is 23.1 Å². The van der Waals surface area contributed by atoms with Gasteiger partial charge in [0, 0.05) is 0 Å². The molecule has 1 atom stereocenters. The third-order valence-corrected chi connectivity index (χ3v) is 5.74. The van der Waals surface area contributed by atoms with E-state index in [2.05, 4.69) is 10.0 Å². The Morgan fingerprint density at radius 3 is 2.41 bits per heavy atom. The second-order valence-corrected chi connectivity index (χ2v) is 8.52. The molecule has 1 rings (SSSR count). The molecule has 0 aliphatic rings. The molecule has 2 N–H and O–H groups in total. The summed E-state index contributed by atoms with van der Waals surface area (Å²) >= 11 is 0. The molecule has 0 radical (unpaired) electrons. The molecule has 0 spiro atoms. The fraction of sp³-hybridized carbons (Fsp3) is 0.500. The van der Waals surface area contributed by atoms with Gasteiger partial charge in [-0.15, -0.1) is 0 Å². The molecule has 1 aromatic carbocycles. The van der Waals surface area contributed by atoms with Crippen molar-refractivity contribution in [2.75, 3.05) is 13.2 Å². The first-order valence-electron chi connectivity index (χ1n) is 8.36. The lowest BCUT2D eigenvalue weighted by Gasteiger charge is -2.27. The van der Waals surface area contributed by atoms with Gasteiger partial charge in [-0.1, -0.05) is 19.9 Å². The summed E-state index contributed by atoms with van der Waals surface area (Å²) in [5.74, 6) is -1.69. The zero-order valence-electron chi connectivity index (χ0n) is 16.1. The van der Waals surface area contributed by atoms with Crippen LogP contribution in [0.1, 0.15) is 31.9 Å². The zero-order chi connectivity index (χ0) is 20.8. The summed E-state index contributed by atoms with van der Waals surface area (Å²) in [5.41, 5.74) is 0.668. The normalized spacial score (nSPS) is 13.5. The van der Waals surface area contributed by atoms with Crippen molar-refractivity contribution in [3.05, 3.63) is 29.3 Å². The number of hydrogen-bond donors (Lipinski definition) is 2. The minimum atomic E-state index is -3.87. The van der Waals surface area contributed by atoms with Crippen LogP contribution >= 0.6 is 0 Å². The molecular formula is C18H25N3O5S. The van der Waals surface area contributed by atoms with Gasteiger partial charge in [0.1, 0.15) is 12.1 Å². The number of aryl methyl sites for hydroxylation is 2. The molecule has 8 nitrogen and oxygen atoms in total. The summed E-state index contributed by atoms with van der Waals surface area (Å²) in [7, 11) is -3.87. The smallest absolute Gasteiger partial charge is 0.321 e. The average Bonchev–Trinajstić information content (AvgIpc) is 2.60. The second-order valence-electron chi connectivity index (χ2n) is 6.75. The Bertz CT molecular complexity index is 858. The lowest BCUT2D eigenvalue weighted by Crippen LogP contribution is -2.50. The van der Waals surface area contributed by atoms with Gasteiger partial charge in [0.2, 0.25) is 10.0 Å². The fourth-order valence-electron chi connectivity index (χ4n) is 1.94. The predicted octanol–water partition coefficient (Wildman–Crippen LogP) is 1.18. The molecule has 1 amide bonds. The quantitative estimate of drug-likeness (QED) is 0.637. The number of nitrogens with one attached hydrogen (secondary N) is 2. The van der Waals surface area contributed by atoms with Crippen LogP contribution in [-0.2, 0) is 24.3 Å². The first kappa shape index (κ1) is 22.6. The number of nitriles is 1. The fourth-order valence-corrected chi connectivity index (χ4v) is 3.00. The highest BCUT2D eigenvalue weighted by atomic mass is 32.2. The highest BCUT2D eigenvalue weighted by molar-refractivity contribution is 7.89. The Morgan fingerprint density at radius 2 is 1.89 bits per heavy atom. The van der Waals surface area contributed by atoms with Gasteiger partial charge >= 0.3 is 5.97 Å². The van der Waals surface area contributed by atoms with Crippen LogP contribution in [0.25, 0.3) is 0 Å². The number of hydrogen-bond acceptors (Lipinski definition) is 6. The van der Waals surface area contributed by atoms with Crippen LogP contribution in [0.3, 0.4) is 0 Å². The first-order valence-corrected chi connectivity index (χ1v) is 9.84. The van der Waals surface area contributed by atoms with E-state index in [-0.39, 0.29) is 10.8 Å². The van der Waals surface area contributed by atoms with Crippen molar-refractivity contribution >= 4 is 21.9 Å². The van der Waals surface area contributed by atoms with Crippen molar-refractivity contribution in [3.8, 4) is 6.07 Å². The van der Waals surface area contributed by atoms with Crippen molar-refractivity contribution in [2.24, 2.45) is 5.92 Å². The average molecular weight is 395 g/mol. The Balaban J connectivity index is 2.57. The van der Waals surface area contributed by atoms with E-state index in [0.29, 0.717) is 0 Å². The number of ether oxygens (including phenoxy) is 1. The lowest BCUT2D eigenvalue weighted by molar-refractivity contribution is -0.147. The predicted molar refractivity (Wildman–Crippen MR) is 99.1 cm³/mol. The molecule has 0 aliphatic carbocycles. The second kappa shape index (κ2) is 8.97. The van der Waals surface area contributed by atoms with Gasteiger partial charge in [-0.3, -0.25) is 9.59 Å². The maximum absolute atomic E-state index is 12.2. The minimum Gasteiger partial charge on any atom is -0.455 e. The molecule has 9 heteroatoms. The molecule has 0 aromatic heterocycles. The van der Waals surface area contributed by atoms with Crippen LogP contribution in [0, 0.1) is 31.1 Å². The number of carbonyl (C=O) groups excluding carboxylic acids is 2. The molecule has 148 valence electrons.